The van der Waals surface area contributed by atoms with Gasteiger partial charge in [0.25, 0.3) is 0 Å². The molecule has 0 aromatic heterocycles. The third kappa shape index (κ3) is 3.32. The summed E-state index contributed by atoms with van der Waals surface area (Å²) in [5.74, 6) is -1.08. The number of aromatic carboxylic acids is 1. The van der Waals surface area contributed by atoms with Crippen LogP contribution in [0.15, 0.2) is 36.4 Å². The van der Waals surface area contributed by atoms with Crippen molar-refractivity contribution in [1.29, 1.82) is 0 Å². The summed E-state index contributed by atoms with van der Waals surface area (Å²) < 4.78 is 0. The maximum atomic E-state index is 11.2. The number of benzene rings is 2. The van der Waals surface area contributed by atoms with Crippen molar-refractivity contribution in [2.45, 2.75) is 0 Å². The van der Waals surface area contributed by atoms with Gasteiger partial charge in [0.05, 0.1) is 22.0 Å². The zero-order chi connectivity index (χ0) is 14.0. The number of carboxylic acids is 1. The largest absolute Gasteiger partial charge is 0.478 e. The van der Waals surface area contributed by atoms with E-state index in [9.17, 15) is 4.79 Å². The predicted molar refractivity (Wildman–Crippen MR) is 78.2 cm³/mol. The fourth-order valence-electron chi connectivity index (χ4n) is 1.54. The molecular weight excluding hydrogens is 309 g/mol. The molecule has 0 unspecified atom stereocenters. The summed E-state index contributed by atoms with van der Waals surface area (Å²) in [6.07, 6.45) is 0. The van der Waals surface area contributed by atoms with E-state index in [4.69, 9.17) is 39.9 Å². The van der Waals surface area contributed by atoms with Crippen molar-refractivity contribution in [3.63, 3.8) is 0 Å². The molecule has 0 radical (unpaired) electrons. The van der Waals surface area contributed by atoms with Crippen molar-refractivity contribution in [3.8, 4) is 0 Å². The van der Waals surface area contributed by atoms with Crippen LogP contribution >= 0.6 is 34.8 Å². The minimum atomic E-state index is -1.08. The smallest absolute Gasteiger partial charge is 0.337 e. The summed E-state index contributed by atoms with van der Waals surface area (Å²) in [5, 5.41) is 13.4. The predicted octanol–water partition coefficient (Wildman–Crippen LogP) is 5.09. The lowest BCUT2D eigenvalue weighted by molar-refractivity contribution is 0.0698. The first kappa shape index (κ1) is 14.0. The van der Waals surface area contributed by atoms with Crippen molar-refractivity contribution < 1.29 is 9.90 Å². The van der Waals surface area contributed by atoms with Gasteiger partial charge in [0.15, 0.2) is 0 Å². The molecule has 0 bridgehead atoms. The van der Waals surface area contributed by atoms with Crippen LogP contribution in [0.2, 0.25) is 15.1 Å². The molecule has 98 valence electrons. The van der Waals surface area contributed by atoms with E-state index in [2.05, 4.69) is 5.32 Å². The molecule has 2 aromatic carbocycles. The van der Waals surface area contributed by atoms with Crippen LogP contribution in [0.1, 0.15) is 10.4 Å². The Balaban J connectivity index is 2.43. The fourth-order valence-corrected chi connectivity index (χ4v) is 2.05. The first-order valence-electron chi connectivity index (χ1n) is 5.22. The van der Waals surface area contributed by atoms with Crippen LogP contribution in [-0.2, 0) is 0 Å². The molecule has 0 saturated carbocycles. The molecule has 2 aromatic rings. The summed E-state index contributed by atoms with van der Waals surface area (Å²) in [4.78, 5) is 11.2. The molecule has 0 amide bonds. The van der Waals surface area contributed by atoms with Gasteiger partial charge >= 0.3 is 5.97 Å². The van der Waals surface area contributed by atoms with Crippen molar-refractivity contribution >= 4 is 52.1 Å². The number of nitrogens with one attached hydrogen (secondary N) is 1. The third-order valence-electron chi connectivity index (χ3n) is 2.41. The quantitative estimate of drug-likeness (QED) is 0.829. The first-order chi connectivity index (χ1) is 8.97. The van der Waals surface area contributed by atoms with Gasteiger partial charge in [-0.3, -0.25) is 0 Å². The molecule has 0 spiro atoms. The average Bonchev–Trinajstić information content (AvgIpc) is 2.35. The Morgan fingerprint density at radius 3 is 2.26 bits per heavy atom. The SMILES string of the molecule is O=C(O)c1cc(Cl)ccc1Nc1cc(Cl)ccc1Cl. The van der Waals surface area contributed by atoms with E-state index in [1.807, 2.05) is 0 Å². The Morgan fingerprint density at radius 2 is 1.58 bits per heavy atom. The Kier molecular flexibility index (Phi) is 4.20. The van der Waals surface area contributed by atoms with Crippen LogP contribution in [0, 0.1) is 0 Å². The van der Waals surface area contributed by atoms with Crippen LogP contribution < -0.4 is 5.32 Å². The average molecular weight is 317 g/mol. The van der Waals surface area contributed by atoms with Gasteiger partial charge in [-0.25, -0.2) is 4.79 Å². The number of carboxylic acid groups (broad SMARTS) is 1. The molecule has 0 fully saturated rings. The van der Waals surface area contributed by atoms with Crippen LogP contribution in [0.4, 0.5) is 11.4 Å². The highest BCUT2D eigenvalue weighted by Crippen LogP contribution is 2.30. The maximum Gasteiger partial charge on any atom is 0.337 e. The van der Waals surface area contributed by atoms with Gasteiger partial charge in [0.2, 0.25) is 0 Å². The molecule has 2 rings (SSSR count). The number of hydrogen-bond donors (Lipinski definition) is 2. The number of carbonyl (C=O) groups is 1. The number of hydrogen-bond acceptors (Lipinski definition) is 2. The van der Waals surface area contributed by atoms with Crippen LogP contribution in [-0.4, -0.2) is 11.1 Å². The summed E-state index contributed by atoms with van der Waals surface area (Å²) >= 11 is 17.7. The molecule has 0 aliphatic heterocycles. The van der Waals surface area contributed by atoms with Gasteiger partial charge in [0, 0.05) is 10.0 Å². The zero-order valence-corrected chi connectivity index (χ0v) is 11.7. The van der Waals surface area contributed by atoms with Gasteiger partial charge in [-0.15, -0.1) is 0 Å². The van der Waals surface area contributed by atoms with Crippen LogP contribution in [0.25, 0.3) is 0 Å². The van der Waals surface area contributed by atoms with Gasteiger partial charge in [0.1, 0.15) is 0 Å². The zero-order valence-electron chi connectivity index (χ0n) is 9.45. The number of rotatable bonds is 3. The molecule has 3 nitrogen and oxygen atoms in total. The van der Waals surface area contributed by atoms with Crippen LogP contribution in [0.5, 0.6) is 0 Å². The second-order valence-corrected chi connectivity index (χ2v) is 5.02. The molecular formula is C13H8Cl3NO2. The summed E-state index contributed by atoms with van der Waals surface area (Å²) in [6.45, 7) is 0. The number of halogens is 3. The minimum Gasteiger partial charge on any atom is -0.478 e. The lowest BCUT2D eigenvalue weighted by Crippen LogP contribution is -2.03. The highest BCUT2D eigenvalue weighted by atomic mass is 35.5. The minimum absolute atomic E-state index is 0.0588. The van der Waals surface area contributed by atoms with E-state index < -0.39 is 5.97 Å². The van der Waals surface area contributed by atoms with Crippen LogP contribution in [0.3, 0.4) is 0 Å². The monoisotopic (exact) mass is 315 g/mol. The van der Waals surface area contributed by atoms with E-state index in [0.29, 0.717) is 26.4 Å². The van der Waals surface area contributed by atoms with Gasteiger partial charge in [-0.2, -0.15) is 0 Å². The summed E-state index contributed by atoms with van der Waals surface area (Å²) in [6, 6.07) is 9.42. The Hall–Kier alpha value is -1.42. The number of anilines is 2. The van der Waals surface area contributed by atoms with E-state index in [1.165, 1.54) is 6.07 Å². The molecule has 0 aliphatic carbocycles. The second kappa shape index (κ2) is 5.70. The molecule has 0 aliphatic rings. The van der Waals surface area contributed by atoms with Gasteiger partial charge in [-0.1, -0.05) is 34.8 Å². The summed E-state index contributed by atoms with van der Waals surface area (Å²) in [5.41, 5.74) is 0.976. The lowest BCUT2D eigenvalue weighted by Gasteiger charge is -2.11. The second-order valence-electron chi connectivity index (χ2n) is 3.74. The maximum absolute atomic E-state index is 11.2. The van der Waals surface area contributed by atoms with E-state index in [1.54, 1.807) is 30.3 Å². The van der Waals surface area contributed by atoms with Crippen molar-refractivity contribution in [3.05, 3.63) is 57.0 Å². The Bertz CT molecular complexity index is 644. The summed E-state index contributed by atoms with van der Waals surface area (Å²) in [7, 11) is 0. The van der Waals surface area contributed by atoms with Gasteiger partial charge < -0.3 is 10.4 Å². The third-order valence-corrected chi connectivity index (χ3v) is 3.21. The molecule has 0 saturated heterocycles. The first-order valence-corrected chi connectivity index (χ1v) is 6.35. The highest BCUT2D eigenvalue weighted by molar-refractivity contribution is 6.35. The normalized spacial score (nSPS) is 10.3. The van der Waals surface area contributed by atoms with E-state index in [-0.39, 0.29) is 5.56 Å². The molecule has 6 heteroatoms. The van der Waals surface area contributed by atoms with E-state index in [0.717, 1.165) is 0 Å². The van der Waals surface area contributed by atoms with E-state index >= 15 is 0 Å². The van der Waals surface area contributed by atoms with Crippen molar-refractivity contribution in [1.82, 2.24) is 0 Å². The van der Waals surface area contributed by atoms with Crippen molar-refractivity contribution in [2.24, 2.45) is 0 Å². The molecule has 19 heavy (non-hydrogen) atoms. The Morgan fingerprint density at radius 1 is 0.947 bits per heavy atom. The molecule has 0 atom stereocenters. The highest BCUT2D eigenvalue weighted by Gasteiger charge is 2.12. The standard InChI is InChI=1S/C13H8Cl3NO2/c14-7-2-4-11(9(5-7)13(18)19)17-12-6-8(15)1-3-10(12)16/h1-6,17H,(H,18,19). The van der Waals surface area contributed by atoms with Crippen molar-refractivity contribution in [2.75, 3.05) is 5.32 Å². The lowest BCUT2D eigenvalue weighted by atomic mass is 10.1. The van der Waals surface area contributed by atoms with Gasteiger partial charge in [-0.05, 0) is 36.4 Å². The Labute approximate surface area is 124 Å². The fraction of sp³-hybridized carbons (Fsp3) is 0. The molecule has 2 N–H and O–H groups in total. The topological polar surface area (TPSA) is 49.3 Å². The molecule has 0 heterocycles.